The Morgan fingerprint density at radius 2 is 1.92 bits per heavy atom. The predicted octanol–water partition coefficient (Wildman–Crippen LogP) is 3.39. The maximum Gasteiger partial charge on any atom is 0.278 e. The number of aryl methyl sites for hydroxylation is 3. The van der Waals surface area contributed by atoms with Gasteiger partial charge in [-0.25, -0.2) is 4.98 Å². The van der Waals surface area contributed by atoms with Crippen LogP contribution in [0, 0.1) is 13.8 Å². The van der Waals surface area contributed by atoms with E-state index >= 15 is 0 Å². The molecule has 6 rings (SSSR count). The Balaban J connectivity index is 1.46. The van der Waals surface area contributed by atoms with Crippen molar-refractivity contribution in [1.82, 2.24) is 24.3 Å². The molecule has 1 aliphatic rings. The molecular weight excluding hydrogens is 472 g/mol. The van der Waals surface area contributed by atoms with E-state index in [4.69, 9.17) is 9.26 Å². The third-order valence-electron chi connectivity index (χ3n) is 6.69. The van der Waals surface area contributed by atoms with Gasteiger partial charge in [-0.3, -0.25) is 14.2 Å². The summed E-state index contributed by atoms with van der Waals surface area (Å²) in [6.07, 6.45) is 2.13. The molecule has 10 heteroatoms. The second kappa shape index (κ2) is 8.88. The first-order chi connectivity index (χ1) is 17.9. The lowest BCUT2D eigenvalue weighted by molar-refractivity contribution is -0.119. The van der Waals surface area contributed by atoms with E-state index < -0.39 is 0 Å². The second-order valence-electron chi connectivity index (χ2n) is 9.30. The number of carbonyl (C=O) groups excluding carboxylic acids is 1. The van der Waals surface area contributed by atoms with Crippen LogP contribution in [0.25, 0.3) is 21.9 Å². The maximum absolute atomic E-state index is 13.8. The topological polar surface area (TPSA) is 108 Å². The molecule has 0 aliphatic carbocycles. The van der Waals surface area contributed by atoms with Gasteiger partial charge in [0.25, 0.3) is 5.56 Å². The van der Waals surface area contributed by atoms with Gasteiger partial charge in [0.05, 0.1) is 24.1 Å². The highest BCUT2D eigenvalue weighted by molar-refractivity contribution is 6.07. The lowest BCUT2D eigenvalue weighted by atomic mass is 10.1. The van der Waals surface area contributed by atoms with Crippen LogP contribution in [0.4, 0.5) is 5.69 Å². The van der Waals surface area contributed by atoms with E-state index in [0.717, 1.165) is 27.7 Å². The summed E-state index contributed by atoms with van der Waals surface area (Å²) < 4.78 is 14.3. The van der Waals surface area contributed by atoms with Crippen molar-refractivity contribution in [3.63, 3.8) is 0 Å². The molecular formula is C27H26N6O4. The average molecular weight is 499 g/mol. The van der Waals surface area contributed by atoms with Crippen LogP contribution in [-0.4, -0.2) is 43.3 Å². The van der Waals surface area contributed by atoms with E-state index in [1.807, 2.05) is 57.2 Å². The summed E-state index contributed by atoms with van der Waals surface area (Å²) >= 11 is 0. The van der Waals surface area contributed by atoms with E-state index in [9.17, 15) is 9.59 Å². The Morgan fingerprint density at radius 3 is 2.73 bits per heavy atom. The molecule has 5 aromatic rings. The van der Waals surface area contributed by atoms with E-state index in [1.54, 1.807) is 9.47 Å². The summed E-state index contributed by atoms with van der Waals surface area (Å²) in [6.45, 7) is 6.82. The Bertz CT molecular complexity index is 1730. The predicted molar refractivity (Wildman–Crippen MR) is 138 cm³/mol. The number of benzene rings is 2. The molecule has 1 aliphatic heterocycles. The molecule has 4 heterocycles. The SMILES string of the molecule is CCc1noc(Cn2cnc3c4cc(C)ccc4n(CC(=O)N4CCOc5ccc(C)cc54)c3c2=O)n1. The van der Waals surface area contributed by atoms with Gasteiger partial charge in [-0.15, -0.1) is 0 Å². The van der Waals surface area contributed by atoms with Gasteiger partial charge in [0, 0.05) is 11.8 Å². The number of carbonyl (C=O) groups is 1. The minimum absolute atomic E-state index is 0.0160. The quantitative estimate of drug-likeness (QED) is 0.365. The van der Waals surface area contributed by atoms with Crippen LogP contribution < -0.4 is 15.2 Å². The van der Waals surface area contributed by atoms with Crippen LogP contribution in [-0.2, 0) is 24.3 Å². The summed E-state index contributed by atoms with van der Waals surface area (Å²) in [5.74, 6) is 1.45. The Morgan fingerprint density at radius 1 is 1.11 bits per heavy atom. The number of rotatable bonds is 5. The van der Waals surface area contributed by atoms with Gasteiger partial charge < -0.3 is 18.7 Å². The minimum atomic E-state index is -0.277. The summed E-state index contributed by atoms with van der Waals surface area (Å²) in [6, 6.07) is 11.7. The van der Waals surface area contributed by atoms with Gasteiger partial charge >= 0.3 is 0 Å². The van der Waals surface area contributed by atoms with E-state index in [1.165, 1.54) is 10.9 Å². The average Bonchev–Trinajstić information content (AvgIpc) is 3.47. The first kappa shape index (κ1) is 23.0. The fourth-order valence-corrected chi connectivity index (χ4v) is 4.84. The van der Waals surface area contributed by atoms with Crippen molar-refractivity contribution in [3.05, 3.63) is 75.9 Å². The normalized spacial score (nSPS) is 13.2. The van der Waals surface area contributed by atoms with Crippen molar-refractivity contribution >= 4 is 33.5 Å². The molecule has 0 saturated heterocycles. The van der Waals surface area contributed by atoms with E-state index in [0.29, 0.717) is 48.1 Å². The lowest BCUT2D eigenvalue weighted by Crippen LogP contribution is -2.40. The molecule has 2 aromatic carbocycles. The molecule has 0 saturated carbocycles. The number of ether oxygens (including phenoxy) is 1. The molecule has 0 radical (unpaired) electrons. The van der Waals surface area contributed by atoms with E-state index in [-0.39, 0.29) is 24.6 Å². The highest BCUT2D eigenvalue weighted by Gasteiger charge is 2.26. The molecule has 37 heavy (non-hydrogen) atoms. The number of hydrogen-bond donors (Lipinski definition) is 0. The fraction of sp³-hybridized carbons (Fsp3) is 0.296. The zero-order chi connectivity index (χ0) is 25.7. The standard InChI is InChI=1S/C27H26N6O4/c1-4-22-29-23(37-30-22)13-31-15-28-25-18-11-16(2)5-7-19(18)33(26(25)27(31)35)14-24(34)32-9-10-36-21-8-6-17(3)12-20(21)32/h5-8,11-12,15H,4,9-10,13-14H2,1-3H3. The molecule has 0 bridgehead atoms. The summed E-state index contributed by atoms with van der Waals surface area (Å²) in [5.41, 5.74) is 4.25. The number of hydrogen-bond acceptors (Lipinski definition) is 7. The van der Waals surface area contributed by atoms with Crippen LogP contribution in [0.1, 0.15) is 29.8 Å². The maximum atomic E-state index is 13.8. The highest BCUT2D eigenvalue weighted by atomic mass is 16.5. The molecule has 10 nitrogen and oxygen atoms in total. The zero-order valence-electron chi connectivity index (χ0n) is 20.9. The van der Waals surface area contributed by atoms with Crippen LogP contribution in [0.2, 0.25) is 0 Å². The fourth-order valence-electron chi connectivity index (χ4n) is 4.84. The van der Waals surface area contributed by atoms with Crippen LogP contribution in [0.5, 0.6) is 5.75 Å². The zero-order valence-corrected chi connectivity index (χ0v) is 20.9. The van der Waals surface area contributed by atoms with Crippen molar-refractivity contribution in [1.29, 1.82) is 0 Å². The summed E-state index contributed by atoms with van der Waals surface area (Å²) in [5, 5.41) is 4.74. The lowest BCUT2D eigenvalue weighted by Gasteiger charge is -2.30. The van der Waals surface area contributed by atoms with Crippen LogP contribution in [0.3, 0.4) is 0 Å². The Kier molecular flexibility index (Phi) is 5.51. The van der Waals surface area contributed by atoms with Gasteiger partial charge in [-0.05, 0) is 43.7 Å². The van der Waals surface area contributed by atoms with Crippen molar-refractivity contribution in [3.8, 4) is 5.75 Å². The Hall–Kier alpha value is -4.47. The minimum Gasteiger partial charge on any atom is -0.490 e. The number of aromatic nitrogens is 5. The van der Waals surface area contributed by atoms with Crippen LogP contribution >= 0.6 is 0 Å². The van der Waals surface area contributed by atoms with Crippen molar-refractivity contribution in [2.75, 3.05) is 18.1 Å². The van der Waals surface area contributed by atoms with Gasteiger partial charge in [0.1, 0.15) is 36.5 Å². The largest absolute Gasteiger partial charge is 0.490 e. The molecule has 0 atom stereocenters. The third-order valence-corrected chi connectivity index (χ3v) is 6.69. The Labute approximate surface area is 212 Å². The van der Waals surface area contributed by atoms with E-state index in [2.05, 4.69) is 15.1 Å². The van der Waals surface area contributed by atoms with Gasteiger partial charge in [0.15, 0.2) is 5.82 Å². The molecule has 188 valence electrons. The highest BCUT2D eigenvalue weighted by Crippen LogP contribution is 2.33. The van der Waals surface area contributed by atoms with Crippen molar-refractivity contribution < 1.29 is 14.1 Å². The number of anilines is 1. The molecule has 0 unspecified atom stereocenters. The van der Waals surface area contributed by atoms with Crippen molar-refractivity contribution in [2.24, 2.45) is 0 Å². The smallest absolute Gasteiger partial charge is 0.278 e. The molecule has 0 N–H and O–H groups in total. The summed E-state index contributed by atoms with van der Waals surface area (Å²) in [4.78, 5) is 38.1. The molecule has 0 spiro atoms. The molecule has 0 fully saturated rings. The number of nitrogens with zero attached hydrogens (tertiary/aromatic N) is 6. The second-order valence-corrected chi connectivity index (χ2v) is 9.30. The van der Waals surface area contributed by atoms with Crippen LogP contribution in [0.15, 0.2) is 52.0 Å². The molecule has 1 amide bonds. The number of amides is 1. The first-order valence-corrected chi connectivity index (χ1v) is 12.3. The van der Waals surface area contributed by atoms with Crippen molar-refractivity contribution in [2.45, 2.75) is 40.3 Å². The van der Waals surface area contributed by atoms with Gasteiger partial charge in [0.2, 0.25) is 11.8 Å². The van der Waals surface area contributed by atoms with Gasteiger partial charge in [-0.2, -0.15) is 4.98 Å². The third kappa shape index (κ3) is 3.94. The monoisotopic (exact) mass is 498 g/mol. The first-order valence-electron chi connectivity index (χ1n) is 12.3. The number of fused-ring (bicyclic) bond motifs is 4. The summed E-state index contributed by atoms with van der Waals surface area (Å²) in [7, 11) is 0. The van der Waals surface area contributed by atoms with Gasteiger partial charge in [-0.1, -0.05) is 29.8 Å². The molecule has 3 aromatic heterocycles.